The van der Waals surface area contributed by atoms with Crippen molar-refractivity contribution in [2.45, 2.75) is 25.3 Å². The number of hydrogen-bond donors (Lipinski definition) is 0. The number of fused-ring (bicyclic) bond motifs is 1. The van der Waals surface area contributed by atoms with E-state index in [0.29, 0.717) is 24.3 Å². The third-order valence-corrected chi connectivity index (χ3v) is 4.93. The topological polar surface area (TPSA) is 62.6 Å². The van der Waals surface area contributed by atoms with Crippen LogP contribution in [0.2, 0.25) is 0 Å². The molecule has 0 unspecified atom stereocenters. The van der Waals surface area contributed by atoms with E-state index in [-0.39, 0.29) is 11.9 Å². The molecule has 5 nitrogen and oxygen atoms in total. The van der Waals surface area contributed by atoms with E-state index in [4.69, 9.17) is 14.7 Å². The number of amides is 1. The van der Waals surface area contributed by atoms with Gasteiger partial charge < -0.3 is 14.4 Å². The van der Waals surface area contributed by atoms with Crippen LogP contribution in [0.15, 0.2) is 42.5 Å². The van der Waals surface area contributed by atoms with Gasteiger partial charge >= 0.3 is 0 Å². The van der Waals surface area contributed by atoms with Gasteiger partial charge in [-0.2, -0.15) is 5.26 Å². The Morgan fingerprint density at radius 1 is 1.04 bits per heavy atom. The number of ether oxygens (including phenoxy) is 2. The fourth-order valence-corrected chi connectivity index (χ4v) is 3.60. The van der Waals surface area contributed by atoms with Crippen molar-refractivity contribution in [3.63, 3.8) is 0 Å². The number of likely N-dealkylation sites (tertiary alicyclic amines) is 1. The molecule has 0 aromatic heterocycles. The van der Waals surface area contributed by atoms with E-state index in [0.717, 1.165) is 42.9 Å². The maximum absolute atomic E-state index is 13.0. The lowest BCUT2D eigenvalue weighted by atomic mass is 10.0. The zero-order valence-corrected chi connectivity index (χ0v) is 14.5. The summed E-state index contributed by atoms with van der Waals surface area (Å²) in [5, 5.41) is 8.92. The Morgan fingerprint density at radius 2 is 1.81 bits per heavy atom. The molecule has 0 N–H and O–H groups in total. The molecule has 2 heterocycles. The maximum Gasteiger partial charge on any atom is 0.254 e. The Kier molecular flexibility index (Phi) is 4.49. The largest absolute Gasteiger partial charge is 0.490 e. The smallest absolute Gasteiger partial charge is 0.254 e. The third-order valence-electron chi connectivity index (χ3n) is 4.93. The molecule has 2 aliphatic heterocycles. The lowest BCUT2D eigenvalue weighted by Gasteiger charge is -2.26. The van der Waals surface area contributed by atoms with Crippen LogP contribution in [-0.4, -0.2) is 30.6 Å². The molecular weight excluding hydrogens is 328 g/mol. The monoisotopic (exact) mass is 348 g/mol. The Labute approximate surface area is 152 Å². The van der Waals surface area contributed by atoms with Gasteiger partial charge in [0.05, 0.1) is 30.9 Å². The fourth-order valence-electron chi connectivity index (χ4n) is 3.60. The van der Waals surface area contributed by atoms with Gasteiger partial charge in [-0.05, 0) is 54.8 Å². The molecule has 0 saturated carbocycles. The van der Waals surface area contributed by atoms with Crippen molar-refractivity contribution >= 4 is 5.91 Å². The van der Waals surface area contributed by atoms with Gasteiger partial charge in [0, 0.05) is 18.5 Å². The second-order valence-electron chi connectivity index (χ2n) is 6.60. The summed E-state index contributed by atoms with van der Waals surface area (Å²) in [4.78, 5) is 14.9. The minimum atomic E-state index is 0.00380. The highest BCUT2D eigenvalue weighted by Gasteiger charge is 2.31. The van der Waals surface area contributed by atoms with E-state index in [1.165, 1.54) is 0 Å². The van der Waals surface area contributed by atoms with Crippen LogP contribution in [0.5, 0.6) is 11.5 Å². The molecule has 132 valence electrons. The number of nitriles is 1. The summed E-state index contributed by atoms with van der Waals surface area (Å²) in [6.45, 7) is 2.05. The highest BCUT2D eigenvalue weighted by atomic mass is 16.5. The molecule has 0 aliphatic carbocycles. The first-order valence-electron chi connectivity index (χ1n) is 8.97. The van der Waals surface area contributed by atoms with Gasteiger partial charge in [0.25, 0.3) is 5.91 Å². The first kappa shape index (κ1) is 16.5. The zero-order valence-electron chi connectivity index (χ0n) is 14.5. The highest BCUT2D eigenvalue weighted by molar-refractivity contribution is 5.94. The van der Waals surface area contributed by atoms with Gasteiger partial charge in [-0.1, -0.05) is 6.07 Å². The Bertz CT molecular complexity index is 855. The number of rotatable bonds is 2. The highest BCUT2D eigenvalue weighted by Crippen LogP contribution is 2.38. The van der Waals surface area contributed by atoms with E-state index >= 15 is 0 Å². The molecule has 1 saturated heterocycles. The van der Waals surface area contributed by atoms with E-state index in [9.17, 15) is 4.79 Å². The molecule has 0 spiro atoms. The molecule has 2 aromatic carbocycles. The van der Waals surface area contributed by atoms with Crippen molar-refractivity contribution in [2.24, 2.45) is 0 Å². The molecule has 1 atom stereocenters. The Balaban J connectivity index is 1.59. The number of nitrogens with zero attached hydrogens (tertiary/aromatic N) is 2. The average molecular weight is 348 g/mol. The predicted octanol–water partition coefficient (Wildman–Crippen LogP) is 3.70. The lowest BCUT2D eigenvalue weighted by Crippen LogP contribution is -2.30. The minimum Gasteiger partial charge on any atom is -0.490 e. The lowest BCUT2D eigenvalue weighted by molar-refractivity contribution is 0.0735. The van der Waals surface area contributed by atoms with Crippen LogP contribution in [0.1, 0.15) is 46.8 Å². The van der Waals surface area contributed by atoms with Crippen molar-refractivity contribution in [2.75, 3.05) is 19.8 Å². The molecule has 0 radical (unpaired) electrons. The van der Waals surface area contributed by atoms with Gasteiger partial charge in [0.2, 0.25) is 0 Å². The SMILES string of the molecule is N#Cc1ccc(C(=O)N2CCC[C@@H]2c2ccc3c(c2)OCCCO3)cc1. The van der Waals surface area contributed by atoms with E-state index in [1.807, 2.05) is 23.1 Å². The van der Waals surface area contributed by atoms with E-state index in [2.05, 4.69) is 6.07 Å². The van der Waals surface area contributed by atoms with Crippen LogP contribution in [-0.2, 0) is 0 Å². The standard InChI is InChI=1S/C21H20N2O3/c22-14-15-4-6-16(7-5-15)21(24)23-10-1-3-18(23)17-8-9-19-20(13-17)26-12-2-11-25-19/h4-9,13,18H,1-3,10-12H2/t18-/m1/s1. The average Bonchev–Trinajstić information content (AvgIpc) is 3.06. The van der Waals surface area contributed by atoms with Crippen molar-refractivity contribution in [3.05, 3.63) is 59.2 Å². The third kappa shape index (κ3) is 3.11. The van der Waals surface area contributed by atoms with Crippen LogP contribution in [0, 0.1) is 11.3 Å². The molecule has 1 amide bonds. The predicted molar refractivity (Wildman–Crippen MR) is 96.2 cm³/mol. The summed E-state index contributed by atoms with van der Waals surface area (Å²) in [5.74, 6) is 1.54. The Morgan fingerprint density at radius 3 is 2.58 bits per heavy atom. The first-order chi connectivity index (χ1) is 12.8. The van der Waals surface area contributed by atoms with E-state index in [1.54, 1.807) is 24.3 Å². The summed E-state index contributed by atoms with van der Waals surface area (Å²) < 4.78 is 11.5. The van der Waals surface area contributed by atoms with Crippen molar-refractivity contribution in [1.82, 2.24) is 4.90 Å². The van der Waals surface area contributed by atoms with Gasteiger partial charge in [-0.3, -0.25) is 4.79 Å². The number of hydrogen-bond acceptors (Lipinski definition) is 4. The van der Waals surface area contributed by atoms with Crippen molar-refractivity contribution in [3.8, 4) is 17.6 Å². The molecule has 0 bridgehead atoms. The molecule has 5 heteroatoms. The summed E-state index contributed by atoms with van der Waals surface area (Å²) in [6.07, 6.45) is 2.78. The van der Waals surface area contributed by atoms with Crippen LogP contribution in [0.4, 0.5) is 0 Å². The minimum absolute atomic E-state index is 0.00380. The summed E-state index contributed by atoms with van der Waals surface area (Å²) in [5.41, 5.74) is 2.25. The zero-order chi connectivity index (χ0) is 17.9. The number of carbonyl (C=O) groups excluding carboxylic acids is 1. The number of carbonyl (C=O) groups is 1. The molecule has 4 rings (SSSR count). The summed E-state index contributed by atoms with van der Waals surface area (Å²) >= 11 is 0. The second kappa shape index (κ2) is 7.09. The fraction of sp³-hybridized carbons (Fsp3) is 0.333. The molecule has 2 aromatic rings. The van der Waals surface area contributed by atoms with Gasteiger partial charge in [0.15, 0.2) is 11.5 Å². The normalized spacial score (nSPS) is 18.9. The van der Waals surface area contributed by atoms with Crippen LogP contribution >= 0.6 is 0 Å². The quantitative estimate of drug-likeness (QED) is 0.830. The van der Waals surface area contributed by atoms with Crippen LogP contribution in [0.25, 0.3) is 0 Å². The van der Waals surface area contributed by atoms with Crippen molar-refractivity contribution < 1.29 is 14.3 Å². The molecule has 1 fully saturated rings. The summed E-state index contributed by atoms with van der Waals surface area (Å²) in [6, 6.07) is 14.9. The maximum atomic E-state index is 13.0. The van der Waals surface area contributed by atoms with Crippen LogP contribution in [0.3, 0.4) is 0 Å². The van der Waals surface area contributed by atoms with Crippen LogP contribution < -0.4 is 9.47 Å². The van der Waals surface area contributed by atoms with Gasteiger partial charge in [0.1, 0.15) is 0 Å². The van der Waals surface area contributed by atoms with Gasteiger partial charge in [-0.15, -0.1) is 0 Å². The van der Waals surface area contributed by atoms with Gasteiger partial charge in [-0.25, -0.2) is 0 Å². The second-order valence-corrected chi connectivity index (χ2v) is 6.60. The molecule has 2 aliphatic rings. The number of benzene rings is 2. The van der Waals surface area contributed by atoms with Crippen molar-refractivity contribution in [1.29, 1.82) is 5.26 Å². The molecular formula is C21H20N2O3. The van der Waals surface area contributed by atoms with E-state index < -0.39 is 0 Å². The molecule has 26 heavy (non-hydrogen) atoms. The summed E-state index contributed by atoms with van der Waals surface area (Å²) in [7, 11) is 0. The first-order valence-corrected chi connectivity index (χ1v) is 8.97. The Hall–Kier alpha value is -3.00.